The van der Waals surface area contributed by atoms with E-state index in [2.05, 4.69) is 24.0 Å². The second-order valence-corrected chi connectivity index (χ2v) is 4.79. The number of aryl methyl sites for hydroxylation is 1. The molecule has 1 atom stereocenters. The third-order valence-electron chi connectivity index (χ3n) is 2.59. The Labute approximate surface area is 81.4 Å². The van der Waals surface area contributed by atoms with Gasteiger partial charge in [-0.3, -0.25) is 4.79 Å². The highest BCUT2D eigenvalue weighted by Gasteiger charge is 2.24. The summed E-state index contributed by atoms with van der Waals surface area (Å²) in [6.45, 7) is 0. The first-order valence-electron chi connectivity index (χ1n) is 4.57. The number of hydrogen-bond acceptors (Lipinski definition) is 3. The number of fused-ring (bicyclic) bond motifs is 1. The van der Waals surface area contributed by atoms with Crippen LogP contribution in [0.2, 0.25) is 0 Å². The number of aromatic amines is 1. The highest BCUT2D eigenvalue weighted by Crippen LogP contribution is 2.32. The second kappa shape index (κ2) is 3.27. The molecule has 13 heavy (non-hydrogen) atoms. The van der Waals surface area contributed by atoms with E-state index in [1.807, 2.05) is 0 Å². The van der Waals surface area contributed by atoms with Crippen LogP contribution in [0.4, 0.5) is 0 Å². The molecule has 2 rings (SSSR count). The van der Waals surface area contributed by atoms with Crippen LogP contribution in [0, 0.1) is 0 Å². The van der Waals surface area contributed by atoms with E-state index in [0.29, 0.717) is 6.04 Å². The first-order valence-corrected chi connectivity index (χ1v) is 5.38. The lowest BCUT2D eigenvalue weighted by Gasteiger charge is -2.27. The molecular formula is C9H14N2OS. The van der Waals surface area contributed by atoms with E-state index in [1.165, 1.54) is 22.6 Å². The number of thiazole rings is 1. The lowest BCUT2D eigenvalue weighted by atomic mass is 9.97. The summed E-state index contributed by atoms with van der Waals surface area (Å²) in [5.41, 5.74) is 1.16. The summed E-state index contributed by atoms with van der Waals surface area (Å²) in [4.78, 5) is 17.7. The number of H-pyrrole nitrogens is 1. The summed E-state index contributed by atoms with van der Waals surface area (Å²) < 4.78 is 0. The molecule has 1 aromatic heterocycles. The van der Waals surface area contributed by atoms with Crippen LogP contribution in [0.1, 0.15) is 29.5 Å². The van der Waals surface area contributed by atoms with Crippen LogP contribution < -0.4 is 4.87 Å². The van der Waals surface area contributed by atoms with Crippen molar-refractivity contribution in [3.05, 3.63) is 20.2 Å². The molecular weight excluding hydrogens is 184 g/mol. The molecule has 0 amide bonds. The SMILES string of the molecule is CN(C)C1CCCc2sc(=O)[nH]c21. The molecule has 0 saturated carbocycles. The Hall–Kier alpha value is -0.610. The van der Waals surface area contributed by atoms with Crippen LogP contribution in [0.25, 0.3) is 0 Å². The molecule has 0 fully saturated rings. The fraction of sp³-hybridized carbons (Fsp3) is 0.667. The molecule has 0 saturated heterocycles. The minimum atomic E-state index is 0.0961. The minimum absolute atomic E-state index is 0.0961. The van der Waals surface area contributed by atoms with Crippen LogP contribution in [-0.2, 0) is 6.42 Å². The van der Waals surface area contributed by atoms with Crippen molar-refractivity contribution in [1.29, 1.82) is 0 Å². The van der Waals surface area contributed by atoms with E-state index in [-0.39, 0.29) is 4.87 Å². The molecule has 0 aliphatic heterocycles. The van der Waals surface area contributed by atoms with Gasteiger partial charge in [0.15, 0.2) is 0 Å². The standard InChI is InChI=1S/C9H14N2OS/c1-11(2)6-4-3-5-7-8(6)10-9(12)13-7/h6H,3-5H2,1-2H3,(H,10,12). The summed E-state index contributed by atoms with van der Waals surface area (Å²) >= 11 is 1.37. The summed E-state index contributed by atoms with van der Waals surface area (Å²) in [6.07, 6.45) is 3.43. The van der Waals surface area contributed by atoms with Crippen molar-refractivity contribution in [2.24, 2.45) is 0 Å². The van der Waals surface area contributed by atoms with Gasteiger partial charge in [0.05, 0.1) is 6.04 Å². The average molecular weight is 198 g/mol. The monoisotopic (exact) mass is 198 g/mol. The Bertz CT molecular complexity index is 353. The van der Waals surface area contributed by atoms with Crippen molar-refractivity contribution in [3.8, 4) is 0 Å². The first kappa shape index (κ1) is 8.97. The predicted octanol–water partition coefficient (Wildman–Crippen LogP) is 1.38. The second-order valence-electron chi connectivity index (χ2n) is 3.72. The van der Waals surface area contributed by atoms with Crippen molar-refractivity contribution in [3.63, 3.8) is 0 Å². The molecule has 0 radical (unpaired) electrons. The Morgan fingerprint density at radius 1 is 1.54 bits per heavy atom. The molecule has 0 spiro atoms. The van der Waals surface area contributed by atoms with E-state index in [0.717, 1.165) is 18.5 Å². The molecule has 1 heterocycles. The predicted molar refractivity (Wildman–Crippen MR) is 54.3 cm³/mol. The maximum atomic E-state index is 11.2. The molecule has 0 aromatic carbocycles. The molecule has 1 aromatic rings. The minimum Gasteiger partial charge on any atom is -0.315 e. The molecule has 1 N–H and O–H groups in total. The van der Waals surface area contributed by atoms with Crippen LogP contribution >= 0.6 is 11.3 Å². The summed E-state index contributed by atoms with van der Waals surface area (Å²) in [5, 5.41) is 0. The van der Waals surface area contributed by atoms with Gasteiger partial charge in [-0.05, 0) is 33.4 Å². The Morgan fingerprint density at radius 3 is 3.00 bits per heavy atom. The maximum absolute atomic E-state index is 11.2. The zero-order chi connectivity index (χ0) is 9.42. The topological polar surface area (TPSA) is 36.1 Å². The van der Waals surface area contributed by atoms with Crippen molar-refractivity contribution < 1.29 is 0 Å². The largest absolute Gasteiger partial charge is 0.315 e. The van der Waals surface area contributed by atoms with E-state index in [9.17, 15) is 4.79 Å². The Balaban J connectivity index is 2.42. The van der Waals surface area contributed by atoms with Gasteiger partial charge in [-0.15, -0.1) is 0 Å². The number of aromatic nitrogens is 1. The van der Waals surface area contributed by atoms with Gasteiger partial charge in [0.2, 0.25) is 0 Å². The van der Waals surface area contributed by atoms with Crippen LogP contribution in [0.3, 0.4) is 0 Å². The van der Waals surface area contributed by atoms with Gasteiger partial charge in [-0.25, -0.2) is 0 Å². The third kappa shape index (κ3) is 1.56. The zero-order valence-electron chi connectivity index (χ0n) is 7.96. The van der Waals surface area contributed by atoms with Crippen LogP contribution in [0.5, 0.6) is 0 Å². The van der Waals surface area contributed by atoms with E-state index in [1.54, 1.807) is 0 Å². The van der Waals surface area contributed by atoms with E-state index in [4.69, 9.17) is 0 Å². The highest BCUT2D eigenvalue weighted by atomic mass is 32.1. The quantitative estimate of drug-likeness (QED) is 0.740. The van der Waals surface area contributed by atoms with Gasteiger partial charge < -0.3 is 9.88 Å². The van der Waals surface area contributed by atoms with E-state index < -0.39 is 0 Å². The number of nitrogens with zero attached hydrogens (tertiary/aromatic N) is 1. The van der Waals surface area contributed by atoms with Gasteiger partial charge in [0.25, 0.3) is 0 Å². The van der Waals surface area contributed by atoms with Crippen LogP contribution in [0.15, 0.2) is 4.79 Å². The number of rotatable bonds is 1. The van der Waals surface area contributed by atoms with Crippen molar-refractivity contribution in [1.82, 2.24) is 9.88 Å². The number of nitrogens with one attached hydrogen (secondary N) is 1. The smallest absolute Gasteiger partial charge is 0.304 e. The Kier molecular flexibility index (Phi) is 2.26. The lowest BCUT2D eigenvalue weighted by Crippen LogP contribution is -2.24. The third-order valence-corrected chi connectivity index (χ3v) is 3.55. The molecule has 1 aliphatic carbocycles. The van der Waals surface area contributed by atoms with Gasteiger partial charge >= 0.3 is 4.87 Å². The van der Waals surface area contributed by atoms with Crippen LogP contribution in [-0.4, -0.2) is 24.0 Å². The number of hydrogen-bond donors (Lipinski definition) is 1. The van der Waals surface area contributed by atoms with Gasteiger partial charge in [0, 0.05) is 10.6 Å². The van der Waals surface area contributed by atoms with Gasteiger partial charge in [-0.1, -0.05) is 11.3 Å². The highest BCUT2D eigenvalue weighted by molar-refractivity contribution is 7.09. The molecule has 3 nitrogen and oxygen atoms in total. The molecule has 1 unspecified atom stereocenters. The Morgan fingerprint density at radius 2 is 2.31 bits per heavy atom. The van der Waals surface area contributed by atoms with E-state index >= 15 is 0 Å². The van der Waals surface area contributed by atoms with Crippen molar-refractivity contribution in [2.75, 3.05) is 14.1 Å². The fourth-order valence-corrected chi connectivity index (χ4v) is 2.87. The summed E-state index contributed by atoms with van der Waals surface area (Å²) in [6, 6.07) is 0.419. The molecule has 0 bridgehead atoms. The van der Waals surface area contributed by atoms with Gasteiger partial charge in [0.1, 0.15) is 0 Å². The molecule has 1 aliphatic rings. The first-order chi connectivity index (χ1) is 6.18. The lowest BCUT2D eigenvalue weighted by molar-refractivity contribution is 0.264. The maximum Gasteiger partial charge on any atom is 0.304 e. The van der Waals surface area contributed by atoms with Gasteiger partial charge in [-0.2, -0.15) is 0 Å². The normalized spacial score (nSPS) is 21.9. The van der Waals surface area contributed by atoms with Crippen molar-refractivity contribution >= 4 is 11.3 Å². The molecule has 72 valence electrons. The zero-order valence-corrected chi connectivity index (χ0v) is 8.78. The summed E-state index contributed by atoms with van der Waals surface area (Å²) in [7, 11) is 4.13. The fourth-order valence-electron chi connectivity index (χ4n) is 1.94. The van der Waals surface area contributed by atoms with Crippen molar-refractivity contribution in [2.45, 2.75) is 25.3 Å². The average Bonchev–Trinajstić information content (AvgIpc) is 2.43. The summed E-state index contributed by atoms with van der Waals surface area (Å²) in [5.74, 6) is 0. The molecule has 4 heteroatoms.